The first-order valence-electron chi connectivity index (χ1n) is 5.54. The lowest BCUT2D eigenvalue weighted by Gasteiger charge is -2.24. The molecule has 6 heteroatoms. The summed E-state index contributed by atoms with van der Waals surface area (Å²) >= 11 is 1.95. The molecule has 16 heavy (non-hydrogen) atoms. The molecule has 0 unspecified atom stereocenters. The first kappa shape index (κ1) is 14.1. The fourth-order valence-corrected chi connectivity index (χ4v) is 2.85. The average molecular weight is 256 g/mol. The molecule has 1 N–H and O–H groups in total. The van der Waals surface area contributed by atoms with E-state index in [4.69, 9.17) is 0 Å². The number of thioether (sulfide) groups is 1. The van der Waals surface area contributed by atoms with Gasteiger partial charge in [-0.3, -0.25) is 4.90 Å². The van der Waals surface area contributed by atoms with E-state index in [-0.39, 0.29) is 0 Å². The molecular weight excluding hydrogens is 237 g/mol. The fourth-order valence-electron chi connectivity index (χ4n) is 1.75. The van der Waals surface area contributed by atoms with Crippen LogP contribution in [0.4, 0.5) is 13.2 Å². The number of nitrogens with one attached hydrogen (secondary N) is 1. The predicted octanol–water partition coefficient (Wildman–Crippen LogP) is 1.97. The van der Waals surface area contributed by atoms with Crippen LogP contribution in [-0.4, -0.2) is 55.3 Å². The summed E-state index contributed by atoms with van der Waals surface area (Å²) < 4.78 is 36.1. The third-order valence-electron chi connectivity index (χ3n) is 2.60. The molecule has 0 atom stereocenters. The molecule has 0 aliphatic carbocycles. The van der Waals surface area contributed by atoms with Gasteiger partial charge in [0.1, 0.15) is 0 Å². The number of hydrogen-bond donors (Lipinski definition) is 1. The summed E-state index contributed by atoms with van der Waals surface area (Å²) in [5, 5.41) is 3.32. The molecule has 1 heterocycles. The second-order valence-corrected chi connectivity index (χ2v) is 5.42. The first-order chi connectivity index (χ1) is 7.47. The summed E-state index contributed by atoms with van der Waals surface area (Å²) in [7, 11) is 1.51. The third kappa shape index (κ3) is 6.60. The lowest BCUT2D eigenvalue weighted by atomic mass is 10.1. The predicted molar refractivity (Wildman–Crippen MR) is 61.9 cm³/mol. The first-order valence-corrected chi connectivity index (χ1v) is 6.69. The van der Waals surface area contributed by atoms with E-state index in [0.717, 1.165) is 24.3 Å². The molecule has 0 spiro atoms. The second kappa shape index (κ2) is 6.71. The zero-order valence-corrected chi connectivity index (χ0v) is 10.3. The Morgan fingerprint density at radius 3 is 2.50 bits per heavy atom. The Bertz CT molecular complexity index is 193. The highest BCUT2D eigenvalue weighted by atomic mass is 32.2. The van der Waals surface area contributed by atoms with Crippen LogP contribution in [0.15, 0.2) is 0 Å². The van der Waals surface area contributed by atoms with Crippen LogP contribution in [0, 0.1) is 0 Å². The van der Waals surface area contributed by atoms with Gasteiger partial charge in [0.15, 0.2) is 0 Å². The zero-order chi connectivity index (χ0) is 12.0. The molecule has 1 saturated heterocycles. The van der Waals surface area contributed by atoms with Gasteiger partial charge >= 0.3 is 6.18 Å². The van der Waals surface area contributed by atoms with Crippen LogP contribution >= 0.6 is 11.8 Å². The molecule has 1 aliphatic heterocycles. The molecule has 0 amide bonds. The fraction of sp³-hybridized carbons (Fsp3) is 1.00. The quantitative estimate of drug-likeness (QED) is 0.809. The summed E-state index contributed by atoms with van der Waals surface area (Å²) in [6.07, 6.45) is -1.82. The van der Waals surface area contributed by atoms with E-state index in [1.807, 2.05) is 11.8 Å². The lowest BCUT2D eigenvalue weighted by Crippen LogP contribution is -2.40. The van der Waals surface area contributed by atoms with Crippen molar-refractivity contribution in [3.63, 3.8) is 0 Å². The van der Waals surface area contributed by atoms with E-state index in [2.05, 4.69) is 5.32 Å². The highest BCUT2D eigenvalue weighted by Crippen LogP contribution is 2.17. The molecule has 1 rings (SSSR count). The van der Waals surface area contributed by atoms with Crippen molar-refractivity contribution in [2.75, 3.05) is 38.2 Å². The van der Waals surface area contributed by atoms with Crippen LogP contribution in [0.5, 0.6) is 0 Å². The van der Waals surface area contributed by atoms with Crippen molar-refractivity contribution in [3.05, 3.63) is 0 Å². The van der Waals surface area contributed by atoms with Crippen LogP contribution in [-0.2, 0) is 0 Å². The SMILES string of the molecule is CN(CCNC1CCSCC1)CC(F)(F)F. The van der Waals surface area contributed by atoms with Crippen molar-refractivity contribution in [2.24, 2.45) is 0 Å². The summed E-state index contributed by atoms with van der Waals surface area (Å²) in [5.41, 5.74) is 0. The number of nitrogens with zero attached hydrogens (tertiary/aromatic N) is 1. The van der Waals surface area contributed by atoms with Crippen molar-refractivity contribution in [2.45, 2.75) is 25.1 Å². The molecule has 96 valence electrons. The summed E-state index contributed by atoms with van der Waals surface area (Å²) in [4.78, 5) is 1.31. The maximum atomic E-state index is 12.0. The van der Waals surface area contributed by atoms with Gasteiger partial charge in [-0.25, -0.2) is 0 Å². The summed E-state index contributed by atoms with van der Waals surface area (Å²) in [6, 6.07) is 0.500. The van der Waals surface area contributed by atoms with Crippen molar-refractivity contribution < 1.29 is 13.2 Å². The summed E-state index contributed by atoms with van der Waals surface area (Å²) in [6.45, 7) is 0.264. The third-order valence-corrected chi connectivity index (χ3v) is 3.65. The van der Waals surface area contributed by atoms with Gasteiger partial charge in [0, 0.05) is 19.1 Å². The Hall–Kier alpha value is 0.0600. The van der Waals surface area contributed by atoms with Crippen molar-refractivity contribution in [1.82, 2.24) is 10.2 Å². The molecule has 2 nitrogen and oxygen atoms in total. The highest BCUT2D eigenvalue weighted by molar-refractivity contribution is 7.99. The van der Waals surface area contributed by atoms with E-state index in [0.29, 0.717) is 19.1 Å². The van der Waals surface area contributed by atoms with E-state index in [1.54, 1.807) is 0 Å². The molecular formula is C10H19F3N2S. The minimum absolute atomic E-state index is 0.448. The zero-order valence-electron chi connectivity index (χ0n) is 9.52. The van der Waals surface area contributed by atoms with Crippen molar-refractivity contribution >= 4 is 11.8 Å². The Morgan fingerprint density at radius 1 is 1.31 bits per heavy atom. The van der Waals surface area contributed by atoms with Crippen LogP contribution in [0.2, 0.25) is 0 Å². The van der Waals surface area contributed by atoms with Gasteiger partial charge < -0.3 is 5.32 Å². The molecule has 0 saturated carbocycles. The number of hydrogen-bond acceptors (Lipinski definition) is 3. The normalized spacial score (nSPS) is 19.3. The highest BCUT2D eigenvalue weighted by Gasteiger charge is 2.28. The number of likely N-dealkylation sites (N-methyl/N-ethyl adjacent to an activating group) is 1. The minimum atomic E-state index is -4.09. The largest absolute Gasteiger partial charge is 0.401 e. The summed E-state index contributed by atoms with van der Waals surface area (Å²) in [5.74, 6) is 2.33. The Morgan fingerprint density at radius 2 is 1.94 bits per heavy atom. The van der Waals surface area contributed by atoms with Gasteiger partial charge in [-0.2, -0.15) is 24.9 Å². The lowest BCUT2D eigenvalue weighted by molar-refractivity contribution is -0.142. The van der Waals surface area contributed by atoms with Crippen molar-refractivity contribution in [1.29, 1.82) is 0 Å². The van der Waals surface area contributed by atoms with Gasteiger partial charge in [0.05, 0.1) is 6.54 Å². The van der Waals surface area contributed by atoms with Crippen LogP contribution in [0.1, 0.15) is 12.8 Å². The molecule has 0 radical (unpaired) electrons. The van der Waals surface area contributed by atoms with E-state index >= 15 is 0 Å². The Balaban J connectivity index is 2.05. The number of rotatable bonds is 5. The standard InChI is InChI=1S/C10H19F3N2S/c1-15(8-10(11,12)13)5-4-14-9-2-6-16-7-3-9/h9,14H,2-8H2,1H3. The van der Waals surface area contributed by atoms with Gasteiger partial charge in [0.25, 0.3) is 0 Å². The van der Waals surface area contributed by atoms with Gasteiger partial charge in [-0.15, -0.1) is 0 Å². The molecule has 0 bridgehead atoms. The molecule has 0 aromatic carbocycles. The molecule has 1 aliphatic rings. The van der Waals surface area contributed by atoms with E-state index in [9.17, 15) is 13.2 Å². The number of alkyl halides is 3. The van der Waals surface area contributed by atoms with Gasteiger partial charge in [-0.1, -0.05) is 0 Å². The maximum Gasteiger partial charge on any atom is 0.401 e. The number of halogens is 3. The molecule has 0 aromatic heterocycles. The second-order valence-electron chi connectivity index (χ2n) is 4.19. The van der Waals surface area contributed by atoms with Crippen molar-refractivity contribution in [3.8, 4) is 0 Å². The Labute approximate surface area is 98.9 Å². The smallest absolute Gasteiger partial charge is 0.313 e. The molecule has 0 aromatic rings. The molecule has 1 fully saturated rings. The van der Waals surface area contributed by atoms with Crippen LogP contribution in [0.3, 0.4) is 0 Å². The van der Waals surface area contributed by atoms with E-state index in [1.165, 1.54) is 11.9 Å². The van der Waals surface area contributed by atoms with Gasteiger partial charge in [-0.05, 0) is 31.4 Å². The average Bonchev–Trinajstić information content (AvgIpc) is 2.16. The van der Waals surface area contributed by atoms with Gasteiger partial charge in [0.2, 0.25) is 0 Å². The monoisotopic (exact) mass is 256 g/mol. The van der Waals surface area contributed by atoms with Crippen LogP contribution < -0.4 is 5.32 Å². The van der Waals surface area contributed by atoms with E-state index < -0.39 is 12.7 Å². The van der Waals surface area contributed by atoms with Crippen LogP contribution in [0.25, 0.3) is 0 Å². The Kier molecular flexibility index (Phi) is 5.92. The maximum absolute atomic E-state index is 12.0. The minimum Gasteiger partial charge on any atom is -0.313 e. The topological polar surface area (TPSA) is 15.3 Å².